The van der Waals surface area contributed by atoms with Crippen LogP contribution >= 0.6 is 11.6 Å². The molecule has 146 valence electrons. The summed E-state index contributed by atoms with van der Waals surface area (Å²) in [6, 6.07) is 15.0. The summed E-state index contributed by atoms with van der Waals surface area (Å²) in [7, 11) is -3.66. The van der Waals surface area contributed by atoms with E-state index in [0.717, 1.165) is 16.1 Å². The molecular weight excluding hydrogens is 384 g/mol. The Morgan fingerprint density at radius 2 is 1.63 bits per heavy atom. The molecule has 1 N–H and O–H groups in total. The maximum atomic E-state index is 13.0. The second kappa shape index (κ2) is 9.24. The number of amides is 1. The van der Waals surface area contributed by atoms with E-state index >= 15 is 0 Å². The van der Waals surface area contributed by atoms with Gasteiger partial charge in [-0.3, -0.25) is 9.10 Å². The second-order valence-corrected chi connectivity index (χ2v) is 8.64. The Labute approximate surface area is 166 Å². The van der Waals surface area contributed by atoms with Crippen LogP contribution in [0, 0.1) is 0 Å². The molecule has 0 spiro atoms. The van der Waals surface area contributed by atoms with Gasteiger partial charge >= 0.3 is 0 Å². The van der Waals surface area contributed by atoms with Crippen molar-refractivity contribution in [3.8, 4) is 0 Å². The maximum absolute atomic E-state index is 13.0. The highest BCUT2D eigenvalue weighted by atomic mass is 35.5. The molecule has 0 unspecified atom stereocenters. The lowest BCUT2D eigenvalue weighted by Gasteiger charge is -2.31. The zero-order valence-electron chi connectivity index (χ0n) is 15.7. The van der Waals surface area contributed by atoms with E-state index in [4.69, 9.17) is 11.6 Å². The number of carbonyl (C=O) groups excluding carboxylic acids is 1. The molecule has 2 rings (SSSR count). The average molecular weight is 409 g/mol. The van der Waals surface area contributed by atoms with E-state index in [1.54, 1.807) is 31.2 Å². The van der Waals surface area contributed by atoms with Crippen molar-refractivity contribution in [1.29, 1.82) is 0 Å². The second-order valence-electron chi connectivity index (χ2n) is 6.34. The Morgan fingerprint density at radius 1 is 1.04 bits per heavy atom. The van der Waals surface area contributed by atoms with Crippen molar-refractivity contribution in [3.63, 3.8) is 0 Å². The number of rotatable bonds is 8. The fourth-order valence-corrected chi connectivity index (χ4v) is 4.36. The molecule has 27 heavy (non-hydrogen) atoms. The van der Waals surface area contributed by atoms with Gasteiger partial charge in [-0.05, 0) is 42.7 Å². The molecule has 1 amide bonds. The van der Waals surface area contributed by atoms with E-state index in [1.807, 2.05) is 37.3 Å². The lowest BCUT2D eigenvalue weighted by molar-refractivity contribution is -0.123. The minimum atomic E-state index is -3.66. The van der Waals surface area contributed by atoms with E-state index in [2.05, 4.69) is 5.32 Å². The van der Waals surface area contributed by atoms with E-state index in [9.17, 15) is 13.2 Å². The van der Waals surface area contributed by atoms with Crippen LogP contribution in [0.3, 0.4) is 0 Å². The van der Waals surface area contributed by atoms with Gasteiger partial charge in [0, 0.05) is 5.02 Å². The highest BCUT2D eigenvalue weighted by Gasteiger charge is 2.32. The molecule has 0 aromatic heterocycles. The zero-order chi connectivity index (χ0) is 20.0. The number of hydrogen-bond donors (Lipinski definition) is 1. The van der Waals surface area contributed by atoms with Crippen molar-refractivity contribution in [1.82, 2.24) is 5.32 Å². The van der Waals surface area contributed by atoms with E-state index in [1.165, 1.54) is 0 Å². The molecule has 7 heteroatoms. The average Bonchev–Trinajstić information content (AvgIpc) is 2.64. The molecule has 0 aliphatic rings. The van der Waals surface area contributed by atoms with Crippen LogP contribution in [0.4, 0.5) is 5.69 Å². The van der Waals surface area contributed by atoms with Gasteiger partial charge in [0.15, 0.2) is 0 Å². The number of benzene rings is 2. The summed E-state index contributed by atoms with van der Waals surface area (Å²) in [6.07, 6.45) is 2.14. The van der Waals surface area contributed by atoms with Gasteiger partial charge in [-0.25, -0.2) is 8.42 Å². The minimum absolute atomic E-state index is 0.181. The predicted octanol–water partition coefficient (Wildman–Crippen LogP) is 4.15. The fourth-order valence-electron chi connectivity index (χ4n) is 3.02. The first-order chi connectivity index (χ1) is 12.8. The summed E-state index contributed by atoms with van der Waals surface area (Å²) >= 11 is 5.91. The molecular formula is C20H25ClN2O3S. The topological polar surface area (TPSA) is 66.5 Å². The van der Waals surface area contributed by atoms with Crippen LogP contribution in [-0.4, -0.2) is 26.6 Å². The fraction of sp³-hybridized carbons (Fsp3) is 0.350. The van der Waals surface area contributed by atoms with Gasteiger partial charge in [0.05, 0.1) is 18.0 Å². The summed E-state index contributed by atoms with van der Waals surface area (Å²) in [6.45, 7) is 3.77. The minimum Gasteiger partial charge on any atom is -0.347 e. The van der Waals surface area contributed by atoms with E-state index < -0.39 is 16.1 Å². The van der Waals surface area contributed by atoms with Gasteiger partial charge in [-0.2, -0.15) is 0 Å². The number of hydrogen-bond acceptors (Lipinski definition) is 3. The number of halogens is 1. The summed E-state index contributed by atoms with van der Waals surface area (Å²) in [5, 5.41) is 3.50. The van der Waals surface area contributed by atoms with Gasteiger partial charge in [0.1, 0.15) is 6.04 Å². The van der Waals surface area contributed by atoms with Crippen LogP contribution in [0.2, 0.25) is 5.02 Å². The van der Waals surface area contributed by atoms with Crippen molar-refractivity contribution < 1.29 is 13.2 Å². The van der Waals surface area contributed by atoms with Crippen LogP contribution in [0.15, 0.2) is 54.6 Å². The van der Waals surface area contributed by atoms with Crippen molar-refractivity contribution in [2.24, 2.45) is 0 Å². The molecule has 0 aliphatic carbocycles. The van der Waals surface area contributed by atoms with Gasteiger partial charge in [-0.15, -0.1) is 0 Å². The number of sulfonamides is 1. The summed E-state index contributed by atoms with van der Waals surface area (Å²) < 4.78 is 26.1. The Balaban J connectivity index is 2.32. The third kappa shape index (κ3) is 5.47. The van der Waals surface area contributed by atoms with Crippen molar-refractivity contribution in [2.45, 2.75) is 38.8 Å². The molecule has 2 aromatic carbocycles. The van der Waals surface area contributed by atoms with Crippen LogP contribution in [0.25, 0.3) is 0 Å². The van der Waals surface area contributed by atoms with Crippen LogP contribution in [0.1, 0.15) is 38.3 Å². The summed E-state index contributed by atoms with van der Waals surface area (Å²) in [4.78, 5) is 13.0. The molecule has 0 radical (unpaired) electrons. The molecule has 5 nitrogen and oxygen atoms in total. The third-order valence-corrected chi connectivity index (χ3v) is 5.77. The Hall–Kier alpha value is -2.05. The van der Waals surface area contributed by atoms with Gasteiger partial charge in [0.25, 0.3) is 0 Å². The number of carbonyl (C=O) groups is 1. The van der Waals surface area contributed by atoms with E-state index in [0.29, 0.717) is 23.6 Å². The molecule has 0 aliphatic heterocycles. The summed E-state index contributed by atoms with van der Waals surface area (Å²) in [5.74, 6) is -0.325. The van der Waals surface area contributed by atoms with Crippen LogP contribution in [0.5, 0.6) is 0 Å². The van der Waals surface area contributed by atoms with Gasteiger partial charge in [0.2, 0.25) is 15.9 Å². The first-order valence-electron chi connectivity index (χ1n) is 8.88. The van der Waals surface area contributed by atoms with Crippen LogP contribution in [-0.2, 0) is 14.8 Å². The number of nitrogens with one attached hydrogen (secondary N) is 1. The lowest BCUT2D eigenvalue weighted by atomic mass is 10.0. The number of anilines is 1. The van der Waals surface area contributed by atoms with Crippen molar-refractivity contribution >= 4 is 33.2 Å². The highest BCUT2D eigenvalue weighted by Crippen LogP contribution is 2.25. The highest BCUT2D eigenvalue weighted by molar-refractivity contribution is 7.92. The normalized spacial score (nSPS) is 13.6. The van der Waals surface area contributed by atoms with Gasteiger partial charge in [-0.1, -0.05) is 55.8 Å². The number of nitrogens with zero attached hydrogens (tertiary/aromatic N) is 1. The van der Waals surface area contributed by atoms with Gasteiger partial charge < -0.3 is 5.32 Å². The Bertz CT molecular complexity index is 855. The SMILES string of the molecule is CC[C@H](NC(=O)[C@H](CC)N(c1ccc(Cl)cc1)S(C)(=O)=O)c1ccccc1. The van der Waals surface area contributed by atoms with E-state index in [-0.39, 0.29) is 11.9 Å². The first kappa shape index (κ1) is 21.3. The largest absolute Gasteiger partial charge is 0.347 e. The molecule has 0 heterocycles. The standard InChI is InChI=1S/C20H25ClN2O3S/c1-4-18(15-9-7-6-8-10-15)22-20(24)19(5-2)23(27(3,25)26)17-13-11-16(21)12-14-17/h6-14,18-19H,4-5H2,1-3H3,(H,22,24)/t18-,19-/m0/s1. The van der Waals surface area contributed by atoms with Crippen LogP contribution < -0.4 is 9.62 Å². The lowest BCUT2D eigenvalue weighted by Crippen LogP contribution is -2.50. The van der Waals surface area contributed by atoms with Crippen molar-refractivity contribution in [3.05, 3.63) is 65.2 Å². The van der Waals surface area contributed by atoms with Crippen molar-refractivity contribution in [2.75, 3.05) is 10.6 Å². The zero-order valence-corrected chi connectivity index (χ0v) is 17.3. The summed E-state index contributed by atoms with van der Waals surface area (Å²) in [5.41, 5.74) is 1.40. The molecule has 0 bridgehead atoms. The Morgan fingerprint density at radius 3 is 2.11 bits per heavy atom. The smallest absolute Gasteiger partial charge is 0.244 e. The molecule has 0 saturated carbocycles. The molecule has 2 aromatic rings. The molecule has 0 fully saturated rings. The quantitative estimate of drug-likeness (QED) is 0.713. The third-order valence-electron chi connectivity index (χ3n) is 4.34. The predicted molar refractivity (Wildman–Crippen MR) is 110 cm³/mol. The monoisotopic (exact) mass is 408 g/mol. The Kier molecular flexibility index (Phi) is 7.27. The molecule has 2 atom stereocenters. The maximum Gasteiger partial charge on any atom is 0.244 e. The first-order valence-corrected chi connectivity index (χ1v) is 11.1. The molecule has 0 saturated heterocycles.